The maximum absolute atomic E-state index is 12.9. The van der Waals surface area contributed by atoms with Gasteiger partial charge in [-0.2, -0.15) is 13.2 Å². The molecule has 0 aromatic heterocycles. The van der Waals surface area contributed by atoms with Crippen LogP contribution in [-0.4, -0.2) is 32.8 Å². The van der Waals surface area contributed by atoms with Gasteiger partial charge in [0.2, 0.25) is 6.79 Å². The van der Waals surface area contributed by atoms with Crippen LogP contribution in [0.4, 0.5) is 13.2 Å². The highest BCUT2D eigenvalue weighted by Gasteiger charge is 2.43. The number of benzene rings is 3. The minimum absolute atomic E-state index is 0.0525. The zero-order valence-corrected chi connectivity index (χ0v) is 19.5. The van der Waals surface area contributed by atoms with Gasteiger partial charge in [-0.15, -0.1) is 0 Å². The molecule has 1 heterocycles. The smallest absolute Gasteiger partial charge is 0.416 e. The van der Waals surface area contributed by atoms with Crippen LogP contribution in [0.1, 0.15) is 29.0 Å². The molecule has 9 heteroatoms. The normalized spacial score (nSPS) is 18.6. The number of hydrogen-bond acceptors (Lipinski definition) is 6. The van der Waals surface area contributed by atoms with Crippen molar-refractivity contribution in [3.63, 3.8) is 0 Å². The van der Waals surface area contributed by atoms with E-state index < -0.39 is 11.7 Å². The molecular formula is C27H24F3NO5. The Morgan fingerprint density at radius 1 is 0.944 bits per heavy atom. The first-order chi connectivity index (χ1) is 17.4. The fourth-order valence-electron chi connectivity index (χ4n) is 4.18. The van der Waals surface area contributed by atoms with Crippen molar-refractivity contribution in [2.45, 2.75) is 18.5 Å². The number of methoxy groups -OCH3 is 1. The van der Waals surface area contributed by atoms with Gasteiger partial charge in [0.25, 0.3) is 0 Å². The van der Waals surface area contributed by atoms with Crippen molar-refractivity contribution in [1.82, 2.24) is 0 Å². The second kappa shape index (κ2) is 10.0. The molecule has 0 radical (unpaired) electrons. The van der Waals surface area contributed by atoms with Crippen molar-refractivity contribution in [2.75, 3.05) is 27.1 Å². The van der Waals surface area contributed by atoms with Crippen molar-refractivity contribution >= 4 is 5.71 Å². The number of ether oxygens (including phenoxy) is 4. The third-order valence-corrected chi connectivity index (χ3v) is 6.12. The van der Waals surface area contributed by atoms with Crippen LogP contribution in [0.5, 0.6) is 23.0 Å². The quantitative estimate of drug-likeness (QED) is 0.204. The topological polar surface area (TPSA) is 58.5 Å². The number of alkyl halides is 3. The second-order valence-electron chi connectivity index (χ2n) is 8.47. The van der Waals surface area contributed by atoms with E-state index >= 15 is 0 Å². The van der Waals surface area contributed by atoms with Gasteiger partial charge < -0.3 is 23.8 Å². The SMILES string of the molecule is COc1ccc(/C(=N/OCCOc2cccc(C(F)(F)F)c2)[C@@H]2C[C@@H]2c2ccc3c(c2)OCO3)cc1. The van der Waals surface area contributed by atoms with Crippen molar-refractivity contribution in [3.05, 3.63) is 83.4 Å². The van der Waals surface area contributed by atoms with E-state index in [1.807, 2.05) is 42.5 Å². The molecule has 36 heavy (non-hydrogen) atoms. The Hall–Kier alpha value is -3.88. The highest BCUT2D eigenvalue weighted by Crippen LogP contribution is 2.51. The highest BCUT2D eigenvalue weighted by atomic mass is 19.4. The molecule has 5 rings (SSSR count). The van der Waals surface area contributed by atoms with Gasteiger partial charge in [-0.25, -0.2) is 0 Å². The molecule has 0 N–H and O–H groups in total. The lowest BCUT2D eigenvalue weighted by Gasteiger charge is -2.11. The summed E-state index contributed by atoms with van der Waals surface area (Å²) in [6.07, 6.45) is -3.53. The zero-order valence-electron chi connectivity index (χ0n) is 19.5. The lowest BCUT2D eigenvalue weighted by molar-refractivity contribution is -0.137. The summed E-state index contributed by atoms with van der Waals surface area (Å²) in [4.78, 5) is 5.55. The van der Waals surface area contributed by atoms with E-state index in [9.17, 15) is 13.2 Å². The predicted molar refractivity (Wildman–Crippen MR) is 126 cm³/mol. The van der Waals surface area contributed by atoms with E-state index in [4.69, 9.17) is 23.8 Å². The molecule has 3 aromatic carbocycles. The Morgan fingerprint density at radius 2 is 1.75 bits per heavy atom. The molecule has 1 aliphatic heterocycles. The van der Waals surface area contributed by atoms with Gasteiger partial charge in [-0.3, -0.25) is 0 Å². The Labute approximate surface area is 206 Å². The van der Waals surface area contributed by atoms with E-state index in [1.54, 1.807) is 7.11 Å². The first-order valence-electron chi connectivity index (χ1n) is 11.5. The summed E-state index contributed by atoms with van der Waals surface area (Å²) in [7, 11) is 1.61. The molecule has 1 saturated carbocycles. The molecule has 6 nitrogen and oxygen atoms in total. The summed E-state index contributed by atoms with van der Waals surface area (Å²) >= 11 is 0. The summed E-state index contributed by atoms with van der Waals surface area (Å²) in [6.45, 7) is 0.357. The number of nitrogens with zero attached hydrogens (tertiary/aromatic N) is 1. The van der Waals surface area contributed by atoms with Crippen LogP contribution in [0.15, 0.2) is 71.9 Å². The molecule has 0 saturated heterocycles. The summed E-state index contributed by atoms with van der Waals surface area (Å²) in [5, 5.41) is 4.41. The Bertz CT molecular complexity index is 1240. The largest absolute Gasteiger partial charge is 0.497 e. The maximum atomic E-state index is 12.9. The van der Waals surface area contributed by atoms with Crippen LogP contribution in [0, 0.1) is 5.92 Å². The monoisotopic (exact) mass is 499 g/mol. The average Bonchev–Trinajstić information content (AvgIpc) is 3.53. The fraction of sp³-hybridized carbons (Fsp3) is 0.296. The van der Waals surface area contributed by atoms with Crippen LogP contribution in [-0.2, 0) is 11.0 Å². The molecule has 2 atom stereocenters. The van der Waals surface area contributed by atoms with Gasteiger partial charge in [-0.05, 0) is 78.1 Å². The van der Waals surface area contributed by atoms with Crippen molar-refractivity contribution < 1.29 is 37.0 Å². The molecule has 1 fully saturated rings. The summed E-state index contributed by atoms with van der Waals surface area (Å²) in [5.74, 6) is 2.73. The molecular weight excluding hydrogens is 475 g/mol. The highest BCUT2D eigenvalue weighted by molar-refractivity contribution is 6.04. The molecule has 0 spiro atoms. The number of halogens is 3. The Balaban J connectivity index is 1.25. The van der Waals surface area contributed by atoms with Gasteiger partial charge in [0.05, 0.1) is 18.4 Å². The van der Waals surface area contributed by atoms with Crippen LogP contribution in [0.2, 0.25) is 0 Å². The first kappa shape index (κ1) is 23.8. The third-order valence-electron chi connectivity index (χ3n) is 6.12. The van der Waals surface area contributed by atoms with Gasteiger partial charge in [0, 0.05) is 5.92 Å². The summed E-state index contributed by atoms with van der Waals surface area (Å²) in [5.41, 5.74) is 2.07. The van der Waals surface area contributed by atoms with Crippen molar-refractivity contribution in [1.29, 1.82) is 0 Å². The Morgan fingerprint density at radius 3 is 2.53 bits per heavy atom. The number of oxime groups is 1. The van der Waals surface area contributed by atoms with Gasteiger partial charge in [-0.1, -0.05) is 17.3 Å². The van der Waals surface area contributed by atoms with Gasteiger partial charge in [0.1, 0.15) is 18.1 Å². The van der Waals surface area contributed by atoms with E-state index in [-0.39, 0.29) is 37.6 Å². The van der Waals surface area contributed by atoms with E-state index in [2.05, 4.69) is 5.16 Å². The summed E-state index contributed by atoms with van der Waals surface area (Å²) < 4.78 is 60.3. The molecule has 0 amide bonds. The maximum Gasteiger partial charge on any atom is 0.416 e. The first-order valence-corrected chi connectivity index (χ1v) is 11.5. The van der Waals surface area contributed by atoms with E-state index in [1.165, 1.54) is 12.1 Å². The lowest BCUT2D eigenvalue weighted by atomic mass is 10.0. The number of rotatable bonds is 9. The molecule has 0 unspecified atom stereocenters. The van der Waals surface area contributed by atoms with Gasteiger partial charge >= 0.3 is 6.18 Å². The van der Waals surface area contributed by atoms with Crippen LogP contribution in [0.25, 0.3) is 0 Å². The minimum Gasteiger partial charge on any atom is -0.497 e. The molecule has 2 aliphatic rings. The summed E-state index contributed by atoms with van der Waals surface area (Å²) in [6, 6.07) is 18.3. The van der Waals surface area contributed by atoms with E-state index in [0.29, 0.717) is 0 Å². The van der Waals surface area contributed by atoms with Crippen molar-refractivity contribution in [2.24, 2.45) is 11.1 Å². The molecule has 1 aliphatic carbocycles. The number of hydrogen-bond donors (Lipinski definition) is 0. The van der Waals surface area contributed by atoms with Crippen molar-refractivity contribution in [3.8, 4) is 23.0 Å². The third kappa shape index (κ3) is 5.35. The van der Waals surface area contributed by atoms with Crippen LogP contribution >= 0.6 is 0 Å². The predicted octanol–water partition coefficient (Wildman–Crippen LogP) is 6.05. The molecule has 0 bridgehead atoms. The average molecular weight is 499 g/mol. The van der Waals surface area contributed by atoms with E-state index in [0.717, 1.165) is 52.6 Å². The van der Waals surface area contributed by atoms with Crippen LogP contribution in [0.3, 0.4) is 0 Å². The van der Waals surface area contributed by atoms with Gasteiger partial charge in [0.15, 0.2) is 18.1 Å². The Kier molecular flexibility index (Phi) is 6.63. The second-order valence-corrected chi connectivity index (χ2v) is 8.47. The molecule has 3 aromatic rings. The standard InChI is InChI=1S/C27H24F3NO5/c1-32-20-8-5-17(6-9-20)26(23-15-22(23)18-7-10-24-25(13-18)35-16-34-24)31-36-12-11-33-21-4-2-3-19(14-21)27(28,29)30/h2-10,13-14,22-23H,11-12,15-16H2,1H3/b31-26-/t22-,23-/m1/s1. The zero-order chi connectivity index (χ0) is 25.1. The molecule has 188 valence electrons. The number of fused-ring (bicyclic) bond motifs is 1. The minimum atomic E-state index is -4.42. The van der Waals surface area contributed by atoms with Crippen LogP contribution < -0.4 is 18.9 Å². The fourth-order valence-corrected chi connectivity index (χ4v) is 4.18. The lowest BCUT2D eigenvalue weighted by Crippen LogP contribution is -2.10.